The molecule has 0 aromatic heterocycles. The summed E-state index contributed by atoms with van der Waals surface area (Å²) in [7, 11) is 1.72. The van der Waals surface area contributed by atoms with Gasteiger partial charge in [0.25, 0.3) is 0 Å². The molecule has 0 atom stereocenters. The third-order valence-electron chi connectivity index (χ3n) is 5.92. The standard InChI is InChI=1S/C25H41N3O2/c1-3-4-5-6-7-8-9-10-21-30-25-23(13-11-14-24(25)29-2)22-28-19-17-27(18-20-28)16-12-15-26/h11,13-14H,3-10,12,16-22H2,1-2H3. The van der Waals surface area contributed by atoms with Gasteiger partial charge in [0.05, 0.1) is 19.8 Å². The lowest BCUT2D eigenvalue weighted by Gasteiger charge is -2.34. The lowest BCUT2D eigenvalue weighted by Crippen LogP contribution is -2.46. The first-order valence-electron chi connectivity index (χ1n) is 11.9. The molecule has 1 fully saturated rings. The molecule has 0 aliphatic carbocycles. The van der Waals surface area contributed by atoms with Crippen molar-refractivity contribution in [2.45, 2.75) is 71.3 Å². The van der Waals surface area contributed by atoms with E-state index in [-0.39, 0.29) is 0 Å². The highest BCUT2D eigenvalue weighted by Crippen LogP contribution is 2.32. The molecule has 168 valence electrons. The van der Waals surface area contributed by atoms with Crippen LogP contribution in [0.25, 0.3) is 0 Å². The highest BCUT2D eigenvalue weighted by atomic mass is 16.5. The van der Waals surface area contributed by atoms with Crippen LogP contribution >= 0.6 is 0 Å². The van der Waals surface area contributed by atoms with E-state index in [1.807, 2.05) is 6.07 Å². The Morgan fingerprint density at radius 2 is 1.60 bits per heavy atom. The Hall–Kier alpha value is -1.77. The van der Waals surface area contributed by atoms with E-state index in [1.54, 1.807) is 7.11 Å². The molecule has 1 aromatic carbocycles. The van der Waals surface area contributed by atoms with Gasteiger partial charge in [-0.3, -0.25) is 9.80 Å². The molecular weight excluding hydrogens is 374 g/mol. The van der Waals surface area contributed by atoms with Crippen LogP contribution in [-0.4, -0.2) is 56.2 Å². The molecule has 1 saturated heterocycles. The van der Waals surface area contributed by atoms with Crippen molar-refractivity contribution < 1.29 is 9.47 Å². The van der Waals surface area contributed by atoms with Gasteiger partial charge in [-0.25, -0.2) is 0 Å². The van der Waals surface area contributed by atoms with Gasteiger partial charge in [0.1, 0.15) is 0 Å². The fourth-order valence-electron chi connectivity index (χ4n) is 4.04. The fourth-order valence-corrected chi connectivity index (χ4v) is 4.04. The normalized spacial score (nSPS) is 15.1. The fraction of sp³-hybridized carbons (Fsp3) is 0.720. The molecular formula is C25H41N3O2. The van der Waals surface area contributed by atoms with Gasteiger partial charge in [0, 0.05) is 51.3 Å². The number of benzene rings is 1. The van der Waals surface area contributed by atoms with Crippen LogP contribution < -0.4 is 9.47 Å². The molecule has 1 aromatic rings. The van der Waals surface area contributed by atoms with Crippen LogP contribution in [0.5, 0.6) is 11.5 Å². The highest BCUT2D eigenvalue weighted by molar-refractivity contribution is 5.46. The number of piperazine rings is 1. The van der Waals surface area contributed by atoms with Crippen molar-refractivity contribution in [3.05, 3.63) is 23.8 Å². The second-order valence-electron chi connectivity index (χ2n) is 8.30. The second-order valence-corrected chi connectivity index (χ2v) is 8.30. The predicted molar refractivity (Wildman–Crippen MR) is 123 cm³/mol. The molecule has 0 spiro atoms. The Bertz CT molecular complexity index is 621. The quantitative estimate of drug-likeness (QED) is 0.366. The molecule has 0 saturated carbocycles. The van der Waals surface area contributed by atoms with Crippen LogP contribution in [0.4, 0.5) is 0 Å². The van der Waals surface area contributed by atoms with E-state index in [1.165, 1.54) is 50.5 Å². The summed E-state index contributed by atoms with van der Waals surface area (Å²) in [5, 5.41) is 8.77. The molecule has 0 amide bonds. The van der Waals surface area contributed by atoms with E-state index < -0.39 is 0 Å². The van der Waals surface area contributed by atoms with Crippen molar-refractivity contribution in [3.8, 4) is 17.6 Å². The van der Waals surface area contributed by atoms with Gasteiger partial charge in [-0.1, -0.05) is 64.0 Å². The molecule has 0 N–H and O–H groups in total. The number of nitrogens with zero attached hydrogens (tertiary/aromatic N) is 3. The zero-order chi connectivity index (χ0) is 21.4. The van der Waals surface area contributed by atoms with E-state index in [9.17, 15) is 0 Å². The molecule has 1 aliphatic heterocycles. The van der Waals surface area contributed by atoms with E-state index in [0.717, 1.165) is 63.8 Å². The first kappa shape index (κ1) is 24.5. The van der Waals surface area contributed by atoms with Crippen molar-refractivity contribution >= 4 is 0 Å². The van der Waals surface area contributed by atoms with Gasteiger partial charge in [-0.05, 0) is 12.5 Å². The van der Waals surface area contributed by atoms with Crippen LogP contribution in [0.1, 0.15) is 70.3 Å². The number of ether oxygens (including phenoxy) is 2. The Morgan fingerprint density at radius 3 is 2.27 bits per heavy atom. The second kappa shape index (κ2) is 15.1. The Labute approximate surface area is 183 Å². The maximum Gasteiger partial charge on any atom is 0.165 e. The molecule has 0 unspecified atom stereocenters. The summed E-state index contributed by atoms with van der Waals surface area (Å²) in [6.45, 7) is 8.90. The smallest absolute Gasteiger partial charge is 0.165 e. The van der Waals surface area contributed by atoms with Crippen molar-refractivity contribution in [1.82, 2.24) is 9.80 Å². The van der Waals surface area contributed by atoms with Gasteiger partial charge in [-0.15, -0.1) is 0 Å². The summed E-state index contributed by atoms with van der Waals surface area (Å²) in [5.74, 6) is 1.74. The van der Waals surface area contributed by atoms with Gasteiger partial charge < -0.3 is 9.47 Å². The average molecular weight is 416 g/mol. The topological polar surface area (TPSA) is 48.7 Å². The maximum atomic E-state index is 8.77. The third kappa shape index (κ3) is 8.93. The van der Waals surface area contributed by atoms with E-state index in [4.69, 9.17) is 14.7 Å². The first-order valence-corrected chi connectivity index (χ1v) is 11.9. The Balaban J connectivity index is 1.77. The first-order chi connectivity index (χ1) is 14.8. The average Bonchev–Trinajstić information content (AvgIpc) is 2.78. The molecule has 1 heterocycles. The molecule has 1 aliphatic rings. The lowest BCUT2D eigenvalue weighted by molar-refractivity contribution is 0.127. The maximum absolute atomic E-state index is 8.77. The Kier molecular flexibility index (Phi) is 12.3. The van der Waals surface area contributed by atoms with Crippen molar-refractivity contribution in [1.29, 1.82) is 5.26 Å². The number of rotatable bonds is 15. The minimum atomic E-state index is 0.618. The SMILES string of the molecule is CCCCCCCCCCOc1c(CN2CCN(CCC#N)CC2)cccc1OC. The molecule has 30 heavy (non-hydrogen) atoms. The summed E-state index contributed by atoms with van der Waals surface area (Å²) < 4.78 is 11.8. The summed E-state index contributed by atoms with van der Waals surface area (Å²) in [5.41, 5.74) is 1.21. The minimum Gasteiger partial charge on any atom is -0.493 e. The largest absolute Gasteiger partial charge is 0.493 e. The number of nitriles is 1. The zero-order valence-electron chi connectivity index (χ0n) is 19.2. The number of hydrogen-bond acceptors (Lipinski definition) is 5. The highest BCUT2D eigenvalue weighted by Gasteiger charge is 2.19. The van der Waals surface area contributed by atoms with Gasteiger partial charge in [0.2, 0.25) is 0 Å². The van der Waals surface area contributed by atoms with E-state index in [2.05, 4.69) is 34.9 Å². The summed E-state index contributed by atoms with van der Waals surface area (Å²) in [6, 6.07) is 8.45. The molecule has 2 rings (SSSR count). The van der Waals surface area contributed by atoms with Gasteiger partial charge in [0.15, 0.2) is 11.5 Å². The van der Waals surface area contributed by atoms with Gasteiger partial charge in [-0.2, -0.15) is 5.26 Å². The zero-order valence-corrected chi connectivity index (χ0v) is 19.2. The lowest BCUT2D eigenvalue weighted by atomic mass is 10.1. The van der Waals surface area contributed by atoms with Crippen LogP contribution in [0.3, 0.4) is 0 Å². The Morgan fingerprint density at radius 1 is 0.933 bits per heavy atom. The van der Waals surface area contributed by atoms with Crippen molar-refractivity contribution in [2.75, 3.05) is 46.4 Å². The number of hydrogen-bond donors (Lipinski definition) is 0. The predicted octanol–water partition coefficient (Wildman–Crippen LogP) is 5.25. The monoisotopic (exact) mass is 415 g/mol. The summed E-state index contributed by atoms with van der Waals surface area (Å²) in [4.78, 5) is 4.85. The van der Waals surface area contributed by atoms with Crippen LogP contribution in [0.2, 0.25) is 0 Å². The van der Waals surface area contributed by atoms with Crippen LogP contribution in [0, 0.1) is 11.3 Å². The van der Waals surface area contributed by atoms with Crippen molar-refractivity contribution in [2.24, 2.45) is 0 Å². The molecule has 0 radical (unpaired) electrons. The van der Waals surface area contributed by atoms with Gasteiger partial charge >= 0.3 is 0 Å². The molecule has 5 heteroatoms. The number of para-hydroxylation sites is 1. The van der Waals surface area contributed by atoms with Crippen molar-refractivity contribution in [3.63, 3.8) is 0 Å². The number of methoxy groups -OCH3 is 1. The molecule has 0 bridgehead atoms. The summed E-state index contributed by atoms with van der Waals surface area (Å²) >= 11 is 0. The van der Waals surface area contributed by atoms with Crippen LogP contribution in [-0.2, 0) is 6.54 Å². The van der Waals surface area contributed by atoms with E-state index in [0.29, 0.717) is 6.42 Å². The summed E-state index contributed by atoms with van der Waals surface area (Å²) in [6.07, 6.45) is 11.0. The van der Waals surface area contributed by atoms with Crippen LogP contribution in [0.15, 0.2) is 18.2 Å². The molecule has 5 nitrogen and oxygen atoms in total. The van der Waals surface area contributed by atoms with E-state index >= 15 is 0 Å². The third-order valence-corrected chi connectivity index (χ3v) is 5.92. The number of unbranched alkanes of at least 4 members (excludes halogenated alkanes) is 7. The minimum absolute atomic E-state index is 0.618.